The average Bonchev–Trinajstić information content (AvgIpc) is 3.03. The van der Waals surface area contributed by atoms with Gasteiger partial charge in [-0.25, -0.2) is 9.59 Å². The van der Waals surface area contributed by atoms with Crippen molar-refractivity contribution < 1.29 is 33.3 Å². The van der Waals surface area contributed by atoms with Gasteiger partial charge >= 0.3 is 17.6 Å². The molecule has 1 N–H and O–H groups in total. The van der Waals surface area contributed by atoms with E-state index < -0.39 is 46.2 Å². The van der Waals surface area contributed by atoms with Crippen LogP contribution < -0.4 is 10.4 Å². The van der Waals surface area contributed by atoms with Crippen LogP contribution in [0.5, 0.6) is 5.75 Å². The van der Waals surface area contributed by atoms with Gasteiger partial charge < -0.3 is 23.7 Å². The lowest BCUT2D eigenvalue weighted by Crippen LogP contribution is -2.70. The highest BCUT2D eigenvalue weighted by atomic mass is 32.2. The van der Waals surface area contributed by atoms with E-state index in [9.17, 15) is 19.5 Å². The molecule has 8 atom stereocenters. The number of aliphatic hydroxyl groups is 1. The predicted molar refractivity (Wildman–Crippen MR) is 172 cm³/mol. The summed E-state index contributed by atoms with van der Waals surface area (Å²) >= 11 is 1.58. The maximum atomic E-state index is 13.7. The zero-order chi connectivity index (χ0) is 33.0. The second-order valence-electron chi connectivity index (χ2n) is 13.8. The van der Waals surface area contributed by atoms with Gasteiger partial charge in [-0.2, -0.15) is 0 Å². The van der Waals surface area contributed by atoms with Gasteiger partial charge in [0, 0.05) is 47.2 Å². The molecule has 0 bridgehead atoms. The van der Waals surface area contributed by atoms with Gasteiger partial charge in [-0.15, -0.1) is 11.8 Å². The normalized spacial score (nSPS) is 33.1. The number of fused-ring (bicyclic) bond motifs is 4. The molecule has 2 saturated carbocycles. The highest BCUT2D eigenvalue weighted by molar-refractivity contribution is 7.98. The summed E-state index contributed by atoms with van der Waals surface area (Å²) in [4.78, 5) is 44.5. The molecular formula is C36H41NO8S. The van der Waals surface area contributed by atoms with Crippen LogP contribution in [-0.2, 0) is 14.3 Å². The van der Waals surface area contributed by atoms with Crippen LogP contribution in [-0.4, -0.2) is 46.6 Å². The largest absolute Gasteiger partial charge is 0.482 e. The molecule has 3 heterocycles. The zero-order valence-electron chi connectivity index (χ0n) is 27.1. The Hall–Kier alpha value is -3.63. The molecule has 3 unspecified atom stereocenters. The first-order valence-corrected chi connectivity index (χ1v) is 17.0. The third kappa shape index (κ3) is 5.23. The Morgan fingerprint density at radius 2 is 1.89 bits per heavy atom. The van der Waals surface area contributed by atoms with E-state index in [4.69, 9.17) is 18.6 Å². The second kappa shape index (κ2) is 11.9. The number of hydrogen-bond acceptors (Lipinski definition) is 10. The number of esters is 2. The number of ether oxygens (including phenoxy) is 3. The standard InChI is InChI=1S/C36H41NO8S/c1-20-13-14-34(3)27(35(20,4)19-42-21(2)38)17-28(44-32(40)22-9-11-24(46-6)12-10-22)36(5)31(34)30(39)29-26(45-36)16-25(43-33(29)41)23-8-7-15-37-18-23/h7-12,15-16,18,20,27-28,30-31,39H,13-14,17,19H2,1-6H3/t20-,27?,28-,30?,31?,34-,35-,36+/m0/s1. The minimum Gasteiger partial charge on any atom is -0.482 e. The van der Waals surface area contributed by atoms with Crippen LogP contribution in [0.4, 0.5) is 0 Å². The van der Waals surface area contributed by atoms with Crippen LogP contribution in [0.15, 0.2) is 69.0 Å². The Bertz CT molecular complexity index is 1690. The van der Waals surface area contributed by atoms with E-state index in [1.165, 1.54) is 6.92 Å². The summed E-state index contributed by atoms with van der Waals surface area (Å²) in [6.45, 7) is 9.86. The fourth-order valence-electron chi connectivity index (χ4n) is 8.62. The smallest absolute Gasteiger partial charge is 0.345 e. The third-order valence-electron chi connectivity index (χ3n) is 11.3. The predicted octanol–water partition coefficient (Wildman–Crippen LogP) is 6.48. The van der Waals surface area contributed by atoms with Gasteiger partial charge in [-0.1, -0.05) is 20.8 Å². The molecule has 2 aliphatic carbocycles. The van der Waals surface area contributed by atoms with E-state index in [1.54, 1.807) is 54.5 Å². The minimum absolute atomic E-state index is 0.0510. The molecule has 9 nitrogen and oxygen atoms in total. The Morgan fingerprint density at radius 3 is 2.54 bits per heavy atom. The first-order chi connectivity index (χ1) is 21.8. The molecule has 46 heavy (non-hydrogen) atoms. The number of rotatable bonds is 6. The molecule has 0 saturated heterocycles. The third-order valence-corrected chi connectivity index (χ3v) is 12.0. The number of aromatic nitrogens is 1. The number of carbonyl (C=O) groups excluding carboxylic acids is 2. The van der Waals surface area contributed by atoms with E-state index >= 15 is 0 Å². The van der Waals surface area contributed by atoms with Crippen LogP contribution in [0.1, 0.15) is 75.9 Å². The van der Waals surface area contributed by atoms with Crippen molar-refractivity contribution in [1.82, 2.24) is 4.98 Å². The van der Waals surface area contributed by atoms with Gasteiger partial charge in [-0.3, -0.25) is 9.78 Å². The first-order valence-electron chi connectivity index (χ1n) is 15.8. The Labute approximate surface area is 273 Å². The first kappa shape index (κ1) is 32.3. The van der Waals surface area contributed by atoms with Crippen molar-refractivity contribution in [3.8, 4) is 17.1 Å². The van der Waals surface area contributed by atoms with Crippen LogP contribution >= 0.6 is 11.8 Å². The maximum absolute atomic E-state index is 13.7. The molecule has 10 heteroatoms. The minimum atomic E-state index is -1.27. The van der Waals surface area contributed by atoms with Crippen LogP contribution in [0.3, 0.4) is 0 Å². The van der Waals surface area contributed by atoms with Gasteiger partial charge in [-0.05, 0) is 86.1 Å². The molecule has 0 spiro atoms. The van der Waals surface area contributed by atoms with Gasteiger partial charge in [0.25, 0.3) is 0 Å². The maximum Gasteiger partial charge on any atom is 0.345 e. The summed E-state index contributed by atoms with van der Waals surface area (Å²) in [5, 5.41) is 12.3. The molecule has 244 valence electrons. The van der Waals surface area contributed by atoms with Crippen molar-refractivity contribution in [2.45, 2.75) is 76.6 Å². The van der Waals surface area contributed by atoms with Crippen molar-refractivity contribution in [3.05, 3.63) is 76.4 Å². The zero-order valence-corrected chi connectivity index (χ0v) is 27.9. The molecule has 3 aromatic rings. The SMILES string of the molecule is CSc1ccc(C(=O)O[C@H]2CC3[C@](C)(CC[C@H](C)[C@]3(C)COC(C)=O)C3C(O)c4c(cc(-c5cccnc5)oc4=O)O[C@@]32C)cc1. The molecule has 0 radical (unpaired) electrons. The fraction of sp³-hybridized carbons (Fsp3) is 0.500. The quantitative estimate of drug-likeness (QED) is 0.235. The van der Waals surface area contributed by atoms with E-state index in [0.717, 1.165) is 17.7 Å². The van der Waals surface area contributed by atoms with E-state index in [0.29, 0.717) is 17.5 Å². The molecule has 2 fully saturated rings. The second-order valence-corrected chi connectivity index (χ2v) is 14.6. The highest BCUT2D eigenvalue weighted by Crippen LogP contribution is 2.68. The molecule has 6 rings (SSSR count). The lowest BCUT2D eigenvalue weighted by Gasteiger charge is -2.66. The number of thioether (sulfide) groups is 1. The molecule has 2 aromatic heterocycles. The lowest BCUT2D eigenvalue weighted by molar-refractivity contribution is -0.257. The summed E-state index contributed by atoms with van der Waals surface area (Å²) < 4.78 is 24.6. The molecule has 1 aromatic carbocycles. The molecular weight excluding hydrogens is 606 g/mol. The molecule has 0 amide bonds. The molecule has 3 aliphatic rings. The van der Waals surface area contributed by atoms with Gasteiger partial charge in [0.2, 0.25) is 0 Å². The van der Waals surface area contributed by atoms with E-state index in [-0.39, 0.29) is 41.5 Å². The van der Waals surface area contributed by atoms with Crippen LogP contribution in [0.2, 0.25) is 0 Å². The average molecular weight is 648 g/mol. The Morgan fingerprint density at radius 1 is 1.15 bits per heavy atom. The number of hydrogen-bond donors (Lipinski definition) is 1. The van der Waals surface area contributed by atoms with Crippen LogP contribution in [0.25, 0.3) is 11.3 Å². The fourth-order valence-corrected chi connectivity index (χ4v) is 9.03. The van der Waals surface area contributed by atoms with Crippen molar-refractivity contribution in [2.24, 2.45) is 28.6 Å². The van der Waals surface area contributed by atoms with Gasteiger partial charge in [0.1, 0.15) is 28.8 Å². The Balaban J connectivity index is 1.48. The number of nitrogens with zero attached hydrogens (tertiary/aromatic N) is 1. The van der Waals surface area contributed by atoms with Crippen molar-refractivity contribution in [3.63, 3.8) is 0 Å². The summed E-state index contributed by atoms with van der Waals surface area (Å²) in [7, 11) is 0. The summed E-state index contributed by atoms with van der Waals surface area (Å²) in [6.07, 6.45) is 5.07. The summed E-state index contributed by atoms with van der Waals surface area (Å²) in [5.74, 6) is -1.05. The molecule has 1 aliphatic heterocycles. The van der Waals surface area contributed by atoms with Crippen molar-refractivity contribution >= 4 is 23.7 Å². The Kier molecular flexibility index (Phi) is 8.34. The van der Waals surface area contributed by atoms with E-state index in [2.05, 4.69) is 25.8 Å². The van der Waals surface area contributed by atoms with Crippen molar-refractivity contribution in [1.29, 1.82) is 0 Å². The highest BCUT2D eigenvalue weighted by Gasteiger charge is 2.70. The topological polar surface area (TPSA) is 125 Å². The number of carbonyl (C=O) groups is 2. The number of pyridine rings is 1. The number of aliphatic hydroxyl groups excluding tert-OH is 1. The number of benzene rings is 1. The van der Waals surface area contributed by atoms with Gasteiger partial charge in [0.15, 0.2) is 0 Å². The van der Waals surface area contributed by atoms with Crippen molar-refractivity contribution in [2.75, 3.05) is 12.9 Å². The summed E-state index contributed by atoms with van der Waals surface area (Å²) in [5.41, 5.74) is -1.94. The van der Waals surface area contributed by atoms with Crippen LogP contribution in [0, 0.1) is 28.6 Å². The van der Waals surface area contributed by atoms with Gasteiger partial charge in [0.05, 0.1) is 18.3 Å². The monoisotopic (exact) mass is 647 g/mol. The van der Waals surface area contributed by atoms with E-state index in [1.807, 2.05) is 25.3 Å². The lowest BCUT2D eigenvalue weighted by atomic mass is 9.41. The summed E-state index contributed by atoms with van der Waals surface area (Å²) in [6, 6.07) is 12.4.